The summed E-state index contributed by atoms with van der Waals surface area (Å²) in [6, 6.07) is 6.22. The van der Waals surface area contributed by atoms with E-state index in [2.05, 4.69) is 28.6 Å². The van der Waals surface area contributed by atoms with Crippen molar-refractivity contribution < 1.29 is 4.74 Å². The third-order valence-electron chi connectivity index (χ3n) is 3.33. The molecule has 1 heterocycles. The summed E-state index contributed by atoms with van der Waals surface area (Å²) in [5.74, 6) is 0.961. The van der Waals surface area contributed by atoms with Crippen molar-refractivity contribution in [2.24, 2.45) is 0 Å². The van der Waals surface area contributed by atoms with Gasteiger partial charge in [-0.25, -0.2) is 4.98 Å². The number of alkyl halides is 1. The minimum Gasteiger partial charge on any atom is -0.385 e. The number of aromatic nitrogens is 2. The summed E-state index contributed by atoms with van der Waals surface area (Å²) in [5, 5.41) is -0.0748. The molecule has 0 radical (unpaired) electrons. The van der Waals surface area contributed by atoms with Crippen LogP contribution in [0.15, 0.2) is 18.2 Å². The molecule has 0 saturated heterocycles. The number of halogens is 1. The summed E-state index contributed by atoms with van der Waals surface area (Å²) in [4.78, 5) is 4.67. The molecule has 1 aromatic carbocycles. The normalized spacial score (nSPS) is 13.1. The number of fused-ring (bicyclic) bond motifs is 1. The first kappa shape index (κ1) is 14.4. The largest absolute Gasteiger partial charge is 0.385 e. The molecule has 2 aromatic rings. The Balaban J connectivity index is 2.34. The molecule has 0 aliphatic rings. The number of unbranched alkanes of at least 4 members (excludes halogenated alkanes) is 1. The van der Waals surface area contributed by atoms with E-state index in [0.29, 0.717) is 0 Å². The number of benzene rings is 1. The molecule has 0 amide bonds. The molecule has 19 heavy (non-hydrogen) atoms. The quantitative estimate of drug-likeness (QED) is 0.589. The van der Waals surface area contributed by atoms with Gasteiger partial charge in [0, 0.05) is 20.3 Å². The van der Waals surface area contributed by atoms with Crippen LogP contribution in [0.4, 0.5) is 0 Å². The Morgan fingerprint density at radius 1 is 1.37 bits per heavy atom. The van der Waals surface area contributed by atoms with Crippen LogP contribution in [-0.4, -0.2) is 23.3 Å². The van der Waals surface area contributed by atoms with Gasteiger partial charge < -0.3 is 9.30 Å². The average Bonchev–Trinajstić information content (AvgIpc) is 2.75. The lowest BCUT2D eigenvalue weighted by Crippen LogP contribution is -2.06. The van der Waals surface area contributed by atoms with E-state index >= 15 is 0 Å². The van der Waals surface area contributed by atoms with Crippen LogP contribution < -0.4 is 0 Å². The number of rotatable bonds is 6. The lowest BCUT2D eigenvalue weighted by molar-refractivity contribution is 0.191. The monoisotopic (exact) mass is 280 g/mol. The van der Waals surface area contributed by atoms with Crippen LogP contribution in [0.3, 0.4) is 0 Å². The summed E-state index contributed by atoms with van der Waals surface area (Å²) < 4.78 is 7.36. The van der Waals surface area contributed by atoms with Crippen molar-refractivity contribution in [3.05, 3.63) is 29.6 Å². The number of aryl methyl sites for hydroxylation is 2. The Bertz CT molecular complexity index is 548. The van der Waals surface area contributed by atoms with E-state index < -0.39 is 0 Å². The second-order valence-corrected chi connectivity index (χ2v) is 5.53. The Kier molecular flexibility index (Phi) is 4.83. The van der Waals surface area contributed by atoms with E-state index in [1.165, 1.54) is 11.1 Å². The van der Waals surface area contributed by atoms with Crippen LogP contribution >= 0.6 is 11.6 Å². The molecule has 1 unspecified atom stereocenters. The zero-order valence-corrected chi connectivity index (χ0v) is 12.6. The Morgan fingerprint density at radius 3 is 2.84 bits per heavy atom. The van der Waals surface area contributed by atoms with Crippen LogP contribution in [0.1, 0.15) is 36.5 Å². The van der Waals surface area contributed by atoms with E-state index in [1.807, 2.05) is 13.0 Å². The molecule has 3 nitrogen and oxygen atoms in total. The zero-order chi connectivity index (χ0) is 13.8. The highest BCUT2D eigenvalue weighted by atomic mass is 35.5. The number of imidazole rings is 1. The van der Waals surface area contributed by atoms with Gasteiger partial charge in [0.1, 0.15) is 5.82 Å². The third-order valence-corrected chi connectivity index (χ3v) is 3.53. The summed E-state index contributed by atoms with van der Waals surface area (Å²) in [6.07, 6.45) is 2.13. The van der Waals surface area contributed by atoms with Crippen molar-refractivity contribution in [2.45, 2.75) is 38.6 Å². The highest BCUT2D eigenvalue weighted by Crippen LogP contribution is 2.27. The molecule has 4 heteroatoms. The average molecular weight is 281 g/mol. The van der Waals surface area contributed by atoms with Gasteiger partial charge >= 0.3 is 0 Å². The maximum absolute atomic E-state index is 6.26. The summed E-state index contributed by atoms with van der Waals surface area (Å²) in [7, 11) is 1.74. The van der Waals surface area contributed by atoms with E-state index in [-0.39, 0.29) is 5.38 Å². The van der Waals surface area contributed by atoms with Crippen molar-refractivity contribution >= 4 is 22.6 Å². The standard InChI is InChI=1S/C15H21ClN2O/c1-11-7-6-8-13-14(11)18(9-4-5-10-19-3)15(17-13)12(2)16/h6-8,12H,4-5,9-10H2,1-3H3. The first-order valence-corrected chi connectivity index (χ1v) is 7.17. The molecular formula is C15H21ClN2O. The second-order valence-electron chi connectivity index (χ2n) is 4.88. The highest BCUT2D eigenvalue weighted by Gasteiger charge is 2.15. The molecule has 0 saturated carbocycles. The Labute approximate surface area is 119 Å². The number of hydrogen-bond donors (Lipinski definition) is 0. The predicted molar refractivity (Wildman–Crippen MR) is 79.8 cm³/mol. The van der Waals surface area contributed by atoms with Gasteiger partial charge in [0.05, 0.1) is 16.4 Å². The smallest absolute Gasteiger partial charge is 0.127 e. The van der Waals surface area contributed by atoms with E-state index in [9.17, 15) is 0 Å². The molecule has 0 N–H and O–H groups in total. The molecule has 0 fully saturated rings. The molecule has 1 aromatic heterocycles. The topological polar surface area (TPSA) is 27.1 Å². The predicted octanol–water partition coefficient (Wildman–Crippen LogP) is 4.07. The SMILES string of the molecule is COCCCCn1c(C(C)Cl)nc2cccc(C)c21. The van der Waals surface area contributed by atoms with Gasteiger partial charge in [-0.2, -0.15) is 0 Å². The molecule has 0 aliphatic heterocycles. The van der Waals surface area contributed by atoms with Crippen LogP contribution in [0.5, 0.6) is 0 Å². The third kappa shape index (κ3) is 3.10. The fraction of sp³-hybridized carbons (Fsp3) is 0.533. The van der Waals surface area contributed by atoms with E-state index in [0.717, 1.165) is 37.3 Å². The first-order valence-electron chi connectivity index (χ1n) is 6.74. The molecule has 0 bridgehead atoms. The number of methoxy groups -OCH3 is 1. The van der Waals surface area contributed by atoms with Crippen LogP contribution in [0, 0.1) is 6.92 Å². The number of ether oxygens (including phenoxy) is 1. The summed E-state index contributed by atoms with van der Waals surface area (Å²) in [6.45, 7) is 5.84. The van der Waals surface area contributed by atoms with Gasteiger partial charge in [-0.15, -0.1) is 11.6 Å². The van der Waals surface area contributed by atoms with Gasteiger partial charge in [-0.1, -0.05) is 12.1 Å². The number of nitrogens with zero attached hydrogens (tertiary/aromatic N) is 2. The second kappa shape index (κ2) is 6.40. The Hall–Kier alpha value is -1.06. The molecule has 0 aliphatic carbocycles. The molecule has 2 rings (SSSR count). The summed E-state index contributed by atoms with van der Waals surface area (Å²) in [5.41, 5.74) is 3.50. The van der Waals surface area contributed by atoms with E-state index in [4.69, 9.17) is 16.3 Å². The highest BCUT2D eigenvalue weighted by molar-refractivity contribution is 6.20. The van der Waals surface area contributed by atoms with Crippen LogP contribution in [0.25, 0.3) is 11.0 Å². The van der Waals surface area contributed by atoms with Crippen molar-refractivity contribution in [3.63, 3.8) is 0 Å². The zero-order valence-electron chi connectivity index (χ0n) is 11.8. The van der Waals surface area contributed by atoms with Gasteiger partial charge in [-0.05, 0) is 38.3 Å². The fourth-order valence-corrected chi connectivity index (χ4v) is 2.60. The minimum atomic E-state index is -0.0748. The lowest BCUT2D eigenvalue weighted by atomic mass is 10.2. The molecule has 104 valence electrons. The van der Waals surface area contributed by atoms with Gasteiger partial charge in [-0.3, -0.25) is 0 Å². The maximum Gasteiger partial charge on any atom is 0.127 e. The molecular weight excluding hydrogens is 260 g/mol. The van der Waals surface area contributed by atoms with Crippen LogP contribution in [0.2, 0.25) is 0 Å². The number of para-hydroxylation sites is 1. The van der Waals surface area contributed by atoms with Crippen molar-refractivity contribution in [1.82, 2.24) is 9.55 Å². The van der Waals surface area contributed by atoms with Gasteiger partial charge in [0.25, 0.3) is 0 Å². The fourth-order valence-electron chi connectivity index (χ4n) is 2.43. The maximum atomic E-state index is 6.26. The first-order chi connectivity index (χ1) is 9.15. The van der Waals surface area contributed by atoms with Crippen molar-refractivity contribution in [3.8, 4) is 0 Å². The molecule has 1 atom stereocenters. The summed E-state index contributed by atoms with van der Waals surface area (Å²) >= 11 is 6.26. The van der Waals surface area contributed by atoms with Crippen molar-refractivity contribution in [2.75, 3.05) is 13.7 Å². The van der Waals surface area contributed by atoms with Crippen molar-refractivity contribution in [1.29, 1.82) is 0 Å². The van der Waals surface area contributed by atoms with Gasteiger partial charge in [0.15, 0.2) is 0 Å². The minimum absolute atomic E-state index is 0.0748. The lowest BCUT2D eigenvalue weighted by Gasteiger charge is -2.11. The van der Waals surface area contributed by atoms with E-state index in [1.54, 1.807) is 7.11 Å². The Morgan fingerprint density at radius 2 is 2.16 bits per heavy atom. The molecule has 0 spiro atoms. The van der Waals surface area contributed by atoms with Crippen LogP contribution in [-0.2, 0) is 11.3 Å². The van der Waals surface area contributed by atoms with Gasteiger partial charge in [0.2, 0.25) is 0 Å². The number of hydrogen-bond acceptors (Lipinski definition) is 2.